The molecule has 18 heavy (non-hydrogen) atoms. The molecule has 0 atom stereocenters. The fourth-order valence-electron chi connectivity index (χ4n) is 1.29. The second kappa shape index (κ2) is 5.69. The van der Waals surface area contributed by atoms with Gasteiger partial charge in [-0.15, -0.1) is 0 Å². The highest BCUT2D eigenvalue weighted by molar-refractivity contribution is 7.90. The number of hydrogen-bond acceptors (Lipinski definition) is 4. The minimum atomic E-state index is -3.63. The van der Waals surface area contributed by atoms with Crippen LogP contribution < -0.4 is 15.2 Å². The number of nitrogens with one attached hydrogen (secondary N) is 2. The van der Waals surface area contributed by atoms with Crippen LogP contribution in [0.5, 0.6) is 0 Å². The molecule has 0 amide bonds. The van der Waals surface area contributed by atoms with Gasteiger partial charge in [0.15, 0.2) is 5.84 Å². The van der Waals surface area contributed by atoms with E-state index >= 15 is 0 Å². The van der Waals surface area contributed by atoms with Gasteiger partial charge in [-0.2, -0.15) is 13.1 Å². The molecule has 0 bridgehead atoms. The molecule has 100 valence electrons. The molecular formula is C10H16N4O3S. The average molecular weight is 272 g/mol. The molecule has 0 unspecified atom stereocenters. The van der Waals surface area contributed by atoms with Crippen LogP contribution in [0.25, 0.3) is 0 Å². The summed E-state index contributed by atoms with van der Waals surface area (Å²) < 4.78 is 28.0. The number of nitrogens with zero attached hydrogens (tertiary/aromatic N) is 1. The molecule has 1 rings (SSSR count). The molecule has 0 heterocycles. The van der Waals surface area contributed by atoms with Gasteiger partial charge in [0.1, 0.15) is 0 Å². The number of benzene rings is 1. The first kappa shape index (κ1) is 14.3. The standard InChI is InChI=1S/C10H16N4O3S/c1-7(2)13-18(16,17)14-9-5-3-4-8(6-9)10(11)12-15/h3-7,13-15H,1-2H3,(H2,11,12). The van der Waals surface area contributed by atoms with Gasteiger partial charge in [0.25, 0.3) is 10.2 Å². The van der Waals surface area contributed by atoms with E-state index in [0.717, 1.165) is 0 Å². The third-order valence-corrected chi connectivity index (χ3v) is 3.20. The Hall–Kier alpha value is -1.80. The molecule has 0 radical (unpaired) electrons. The first-order valence-electron chi connectivity index (χ1n) is 5.22. The van der Waals surface area contributed by atoms with Gasteiger partial charge < -0.3 is 10.9 Å². The molecule has 0 saturated heterocycles. The lowest BCUT2D eigenvalue weighted by Gasteiger charge is -2.12. The van der Waals surface area contributed by atoms with Crippen LogP contribution in [0.2, 0.25) is 0 Å². The van der Waals surface area contributed by atoms with Gasteiger partial charge in [0, 0.05) is 11.6 Å². The lowest BCUT2D eigenvalue weighted by Crippen LogP contribution is -2.35. The quantitative estimate of drug-likeness (QED) is 0.269. The van der Waals surface area contributed by atoms with Crippen molar-refractivity contribution in [1.29, 1.82) is 0 Å². The summed E-state index contributed by atoms with van der Waals surface area (Å²) in [5, 5.41) is 11.4. The van der Waals surface area contributed by atoms with Crippen LogP contribution in [0, 0.1) is 0 Å². The second-order valence-electron chi connectivity index (χ2n) is 3.94. The van der Waals surface area contributed by atoms with Crippen molar-refractivity contribution in [3.05, 3.63) is 29.8 Å². The molecule has 5 N–H and O–H groups in total. The average Bonchev–Trinajstić information content (AvgIpc) is 2.25. The Labute approximate surface area is 106 Å². The Balaban J connectivity index is 2.92. The summed E-state index contributed by atoms with van der Waals surface area (Å²) >= 11 is 0. The first-order valence-corrected chi connectivity index (χ1v) is 6.70. The van der Waals surface area contributed by atoms with Gasteiger partial charge in [0.2, 0.25) is 0 Å². The number of hydrogen-bond donors (Lipinski definition) is 4. The smallest absolute Gasteiger partial charge is 0.299 e. The van der Waals surface area contributed by atoms with Crippen LogP contribution in [-0.4, -0.2) is 25.5 Å². The lowest BCUT2D eigenvalue weighted by molar-refractivity contribution is 0.318. The molecule has 1 aromatic carbocycles. The van der Waals surface area contributed by atoms with Crippen LogP contribution in [-0.2, 0) is 10.2 Å². The van der Waals surface area contributed by atoms with Crippen LogP contribution in [0.15, 0.2) is 29.4 Å². The molecular weight excluding hydrogens is 256 g/mol. The molecule has 0 aliphatic rings. The van der Waals surface area contributed by atoms with Crippen LogP contribution >= 0.6 is 0 Å². The summed E-state index contributed by atoms with van der Waals surface area (Å²) in [6.45, 7) is 3.43. The zero-order chi connectivity index (χ0) is 13.8. The molecule has 0 aliphatic carbocycles. The van der Waals surface area contributed by atoms with Crippen LogP contribution in [0.3, 0.4) is 0 Å². The van der Waals surface area contributed by atoms with Gasteiger partial charge in [-0.25, -0.2) is 0 Å². The maximum Gasteiger partial charge on any atom is 0.299 e. The largest absolute Gasteiger partial charge is 0.409 e. The predicted molar refractivity (Wildman–Crippen MR) is 69.8 cm³/mol. The highest BCUT2D eigenvalue weighted by Gasteiger charge is 2.11. The normalized spacial score (nSPS) is 12.7. The molecule has 7 nitrogen and oxygen atoms in total. The molecule has 0 fully saturated rings. The fraction of sp³-hybridized carbons (Fsp3) is 0.300. The second-order valence-corrected chi connectivity index (χ2v) is 5.39. The van der Waals surface area contributed by atoms with E-state index in [9.17, 15) is 8.42 Å². The van der Waals surface area contributed by atoms with Crippen molar-refractivity contribution >= 4 is 21.7 Å². The number of oxime groups is 1. The van der Waals surface area contributed by atoms with Gasteiger partial charge in [-0.05, 0) is 26.0 Å². The van der Waals surface area contributed by atoms with Crippen LogP contribution in [0.4, 0.5) is 5.69 Å². The van der Waals surface area contributed by atoms with Gasteiger partial charge in [-0.3, -0.25) is 4.72 Å². The van der Waals surface area contributed by atoms with E-state index in [4.69, 9.17) is 10.9 Å². The Morgan fingerprint density at radius 2 is 2.11 bits per heavy atom. The number of rotatable bonds is 5. The van der Waals surface area contributed by atoms with Crippen molar-refractivity contribution in [1.82, 2.24) is 4.72 Å². The Kier molecular flexibility index (Phi) is 4.51. The summed E-state index contributed by atoms with van der Waals surface area (Å²) in [6.07, 6.45) is 0. The minimum absolute atomic E-state index is 0.0899. The number of anilines is 1. The zero-order valence-electron chi connectivity index (χ0n) is 10.1. The van der Waals surface area contributed by atoms with Gasteiger partial charge in [-0.1, -0.05) is 17.3 Å². The highest BCUT2D eigenvalue weighted by Crippen LogP contribution is 2.11. The van der Waals surface area contributed by atoms with E-state index in [2.05, 4.69) is 14.6 Å². The molecule has 0 spiro atoms. The van der Waals surface area contributed by atoms with E-state index in [1.807, 2.05) is 0 Å². The van der Waals surface area contributed by atoms with Gasteiger partial charge in [0.05, 0.1) is 5.69 Å². The molecule has 0 aliphatic heterocycles. The van der Waals surface area contributed by atoms with E-state index in [1.54, 1.807) is 32.0 Å². The fourth-order valence-corrected chi connectivity index (χ4v) is 2.41. The van der Waals surface area contributed by atoms with Gasteiger partial charge >= 0.3 is 0 Å². The topological polar surface area (TPSA) is 117 Å². The SMILES string of the molecule is CC(C)NS(=O)(=O)Nc1cccc(/C(N)=N/O)c1. The highest BCUT2D eigenvalue weighted by atomic mass is 32.2. The monoisotopic (exact) mass is 272 g/mol. The Bertz CT molecular complexity index is 540. The van der Waals surface area contributed by atoms with Crippen LogP contribution in [0.1, 0.15) is 19.4 Å². The maximum absolute atomic E-state index is 11.6. The minimum Gasteiger partial charge on any atom is -0.409 e. The van der Waals surface area contributed by atoms with Crippen molar-refractivity contribution in [3.8, 4) is 0 Å². The van der Waals surface area contributed by atoms with E-state index in [0.29, 0.717) is 11.3 Å². The van der Waals surface area contributed by atoms with Crippen molar-refractivity contribution in [2.45, 2.75) is 19.9 Å². The zero-order valence-corrected chi connectivity index (χ0v) is 10.9. The third kappa shape index (κ3) is 4.22. The lowest BCUT2D eigenvalue weighted by atomic mass is 10.2. The first-order chi connectivity index (χ1) is 8.34. The summed E-state index contributed by atoms with van der Waals surface area (Å²) in [5.41, 5.74) is 6.16. The van der Waals surface area contributed by atoms with Crippen molar-refractivity contribution in [2.75, 3.05) is 4.72 Å². The molecule has 0 saturated carbocycles. The van der Waals surface area contributed by atoms with Crippen molar-refractivity contribution < 1.29 is 13.6 Å². The Morgan fingerprint density at radius 1 is 1.44 bits per heavy atom. The Morgan fingerprint density at radius 3 is 2.67 bits per heavy atom. The predicted octanol–water partition coefficient (Wildman–Crippen LogP) is 0.436. The summed E-state index contributed by atoms with van der Waals surface area (Å²) in [6, 6.07) is 6.01. The number of amidine groups is 1. The van der Waals surface area contributed by atoms with E-state index in [1.165, 1.54) is 6.07 Å². The van der Waals surface area contributed by atoms with E-state index in [-0.39, 0.29) is 11.9 Å². The third-order valence-electron chi connectivity index (χ3n) is 1.91. The van der Waals surface area contributed by atoms with E-state index < -0.39 is 10.2 Å². The number of nitrogens with two attached hydrogens (primary N) is 1. The molecule has 0 aromatic heterocycles. The van der Waals surface area contributed by atoms with Crippen molar-refractivity contribution in [2.24, 2.45) is 10.9 Å². The molecule has 1 aromatic rings. The summed E-state index contributed by atoms with van der Waals surface area (Å²) in [4.78, 5) is 0. The van der Waals surface area contributed by atoms with Crippen molar-refractivity contribution in [3.63, 3.8) is 0 Å². The summed E-state index contributed by atoms with van der Waals surface area (Å²) in [7, 11) is -3.63. The maximum atomic E-state index is 11.6. The summed E-state index contributed by atoms with van der Waals surface area (Å²) in [5.74, 6) is -0.0899. The molecule has 8 heteroatoms.